The number of amides is 1. The molecule has 140 valence electrons. The number of rotatable bonds is 4. The fourth-order valence-electron chi connectivity index (χ4n) is 3.86. The van der Waals surface area contributed by atoms with Gasteiger partial charge in [0.25, 0.3) is 0 Å². The number of aromatic nitrogens is 1. The Morgan fingerprint density at radius 2 is 1.85 bits per heavy atom. The number of nitrogens with one attached hydrogen (secondary N) is 2. The molecule has 1 aromatic carbocycles. The zero-order valence-electron chi connectivity index (χ0n) is 14.6. The Morgan fingerprint density at radius 1 is 1.12 bits per heavy atom. The maximum Gasteiger partial charge on any atom is 0.223 e. The van der Waals surface area contributed by atoms with Gasteiger partial charge in [-0.1, -0.05) is 30.3 Å². The Kier molecular flexibility index (Phi) is 7.04. The van der Waals surface area contributed by atoms with Crippen LogP contribution in [0.1, 0.15) is 24.8 Å². The van der Waals surface area contributed by atoms with Gasteiger partial charge >= 0.3 is 0 Å². The van der Waals surface area contributed by atoms with Crippen molar-refractivity contribution in [1.29, 1.82) is 0 Å². The number of pyridine rings is 1. The normalized spacial score (nSPS) is 19.8. The van der Waals surface area contributed by atoms with Crippen LogP contribution in [0.4, 0.5) is 0 Å². The molecule has 2 aliphatic rings. The minimum absolute atomic E-state index is 0. The first-order valence-electron chi connectivity index (χ1n) is 8.75. The van der Waals surface area contributed by atoms with E-state index in [2.05, 4.69) is 45.9 Å². The number of hydrogen-bond acceptors (Lipinski definition) is 3. The van der Waals surface area contributed by atoms with Gasteiger partial charge in [0.15, 0.2) is 0 Å². The second kappa shape index (κ2) is 8.85. The molecule has 1 atom stereocenters. The van der Waals surface area contributed by atoms with Crippen LogP contribution in [0.5, 0.6) is 0 Å². The van der Waals surface area contributed by atoms with Gasteiger partial charge in [-0.15, -0.1) is 24.8 Å². The third-order valence-electron chi connectivity index (χ3n) is 5.52. The first kappa shape index (κ1) is 20.7. The van der Waals surface area contributed by atoms with Crippen molar-refractivity contribution in [2.75, 3.05) is 13.1 Å². The lowest BCUT2D eigenvalue weighted by Crippen LogP contribution is -2.33. The van der Waals surface area contributed by atoms with E-state index in [1.807, 2.05) is 12.3 Å². The van der Waals surface area contributed by atoms with Crippen LogP contribution in [0.25, 0.3) is 11.1 Å². The van der Waals surface area contributed by atoms with E-state index in [0.29, 0.717) is 12.0 Å². The van der Waals surface area contributed by atoms with Gasteiger partial charge in [0, 0.05) is 24.9 Å². The van der Waals surface area contributed by atoms with E-state index in [-0.39, 0.29) is 36.6 Å². The average Bonchev–Trinajstić information content (AvgIpc) is 3.34. The van der Waals surface area contributed by atoms with Gasteiger partial charge in [-0.2, -0.15) is 0 Å². The van der Waals surface area contributed by atoms with Gasteiger partial charge in [0.1, 0.15) is 0 Å². The lowest BCUT2D eigenvalue weighted by Gasteiger charge is -2.23. The topological polar surface area (TPSA) is 54.0 Å². The Bertz CT molecular complexity index is 716. The molecule has 26 heavy (non-hydrogen) atoms. The molecule has 2 fully saturated rings. The van der Waals surface area contributed by atoms with Crippen molar-refractivity contribution >= 4 is 30.7 Å². The number of carbonyl (C=O) groups excluding carboxylic acids is 1. The molecular formula is C20H25Cl2N3O. The minimum atomic E-state index is 0. The molecule has 4 nitrogen and oxygen atoms in total. The number of nitrogens with zero attached hydrogens (tertiary/aromatic N) is 1. The van der Waals surface area contributed by atoms with Crippen LogP contribution in [0.3, 0.4) is 0 Å². The summed E-state index contributed by atoms with van der Waals surface area (Å²) in [6.07, 6.45) is 7.00. The predicted molar refractivity (Wildman–Crippen MR) is 109 cm³/mol. The summed E-state index contributed by atoms with van der Waals surface area (Å²) in [6.45, 7) is 2.72. The van der Waals surface area contributed by atoms with Crippen LogP contribution in [0.15, 0.2) is 48.8 Å². The van der Waals surface area contributed by atoms with Crippen LogP contribution < -0.4 is 10.6 Å². The van der Waals surface area contributed by atoms with E-state index in [1.165, 1.54) is 0 Å². The molecule has 2 heterocycles. The van der Waals surface area contributed by atoms with E-state index in [0.717, 1.165) is 49.0 Å². The van der Waals surface area contributed by atoms with Crippen molar-refractivity contribution in [3.05, 3.63) is 54.4 Å². The predicted octanol–water partition coefficient (Wildman–Crippen LogP) is 3.60. The van der Waals surface area contributed by atoms with Crippen LogP contribution in [0.2, 0.25) is 0 Å². The lowest BCUT2D eigenvalue weighted by atomic mass is 9.92. The summed E-state index contributed by atoms with van der Waals surface area (Å²) in [7, 11) is 0. The maximum absolute atomic E-state index is 12.4. The molecule has 1 saturated carbocycles. The van der Waals surface area contributed by atoms with Gasteiger partial charge in [0.05, 0.1) is 0 Å². The number of hydrogen-bond donors (Lipinski definition) is 2. The quantitative estimate of drug-likeness (QED) is 0.833. The summed E-state index contributed by atoms with van der Waals surface area (Å²) in [5.74, 6) is 0.461. The van der Waals surface area contributed by atoms with E-state index in [1.54, 1.807) is 6.20 Å². The van der Waals surface area contributed by atoms with Crippen molar-refractivity contribution in [2.24, 2.45) is 11.3 Å². The Balaban J connectivity index is 0.00000121. The van der Waals surface area contributed by atoms with Gasteiger partial charge in [0.2, 0.25) is 5.91 Å². The summed E-state index contributed by atoms with van der Waals surface area (Å²) < 4.78 is 0. The van der Waals surface area contributed by atoms with E-state index in [9.17, 15) is 4.79 Å². The van der Waals surface area contributed by atoms with Crippen LogP contribution >= 0.6 is 24.8 Å². The summed E-state index contributed by atoms with van der Waals surface area (Å²) in [4.78, 5) is 16.6. The number of halogens is 2. The molecule has 1 aliphatic carbocycles. The highest BCUT2D eigenvalue weighted by Crippen LogP contribution is 2.58. The van der Waals surface area contributed by atoms with Gasteiger partial charge < -0.3 is 10.6 Å². The van der Waals surface area contributed by atoms with Crippen molar-refractivity contribution < 1.29 is 4.79 Å². The standard InChI is InChI=1S/C20H23N3O.2ClH/c24-19(18-12-20(18)7-10-21-11-8-20)23-13-15-3-5-16(6-4-15)17-2-1-9-22-14-17;;/h1-6,9,14,18,21H,7-8,10-13H2,(H,23,24);2*1H. The SMILES string of the molecule is Cl.Cl.O=C(NCc1ccc(-c2cccnc2)cc1)C1CC12CCNCC2. The first-order chi connectivity index (χ1) is 11.8. The first-order valence-corrected chi connectivity index (χ1v) is 8.75. The third-order valence-corrected chi connectivity index (χ3v) is 5.52. The Hall–Kier alpha value is -1.62. The molecule has 6 heteroatoms. The Morgan fingerprint density at radius 3 is 2.50 bits per heavy atom. The highest BCUT2D eigenvalue weighted by molar-refractivity contribution is 5.85. The number of carbonyl (C=O) groups is 1. The number of benzene rings is 1. The molecule has 4 rings (SSSR count). The fourth-order valence-corrected chi connectivity index (χ4v) is 3.86. The van der Waals surface area contributed by atoms with Gasteiger partial charge in [-0.05, 0) is 60.5 Å². The summed E-state index contributed by atoms with van der Waals surface area (Å²) in [6, 6.07) is 12.3. The highest BCUT2D eigenvalue weighted by atomic mass is 35.5. The molecule has 0 bridgehead atoms. The average molecular weight is 394 g/mol. The molecule has 1 unspecified atom stereocenters. The molecule has 1 aliphatic heterocycles. The van der Waals surface area contributed by atoms with Crippen molar-refractivity contribution in [3.8, 4) is 11.1 Å². The van der Waals surface area contributed by atoms with E-state index in [4.69, 9.17) is 0 Å². The summed E-state index contributed by atoms with van der Waals surface area (Å²) in [5.41, 5.74) is 3.70. The molecule has 1 spiro atoms. The summed E-state index contributed by atoms with van der Waals surface area (Å²) >= 11 is 0. The fraction of sp³-hybridized carbons (Fsp3) is 0.400. The van der Waals surface area contributed by atoms with Crippen LogP contribution in [-0.4, -0.2) is 24.0 Å². The molecule has 1 amide bonds. The molecule has 1 aromatic heterocycles. The van der Waals surface area contributed by atoms with Crippen molar-refractivity contribution in [1.82, 2.24) is 15.6 Å². The maximum atomic E-state index is 12.4. The second-order valence-electron chi connectivity index (χ2n) is 7.03. The lowest BCUT2D eigenvalue weighted by molar-refractivity contribution is -0.123. The van der Waals surface area contributed by atoms with Gasteiger partial charge in [-0.3, -0.25) is 9.78 Å². The minimum Gasteiger partial charge on any atom is -0.352 e. The van der Waals surface area contributed by atoms with Gasteiger partial charge in [-0.25, -0.2) is 0 Å². The molecule has 0 radical (unpaired) electrons. The third kappa shape index (κ3) is 4.37. The zero-order chi connectivity index (χ0) is 16.4. The smallest absolute Gasteiger partial charge is 0.223 e. The van der Waals surface area contributed by atoms with E-state index < -0.39 is 0 Å². The number of piperidine rings is 1. The second-order valence-corrected chi connectivity index (χ2v) is 7.03. The monoisotopic (exact) mass is 393 g/mol. The largest absolute Gasteiger partial charge is 0.352 e. The molecule has 1 saturated heterocycles. The van der Waals surface area contributed by atoms with Crippen molar-refractivity contribution in [2.45, 2.75) is 25.8 Å². The van der Waals surface area contributed by atoms with Crippen LogP contribution in [0, 0.1) is 11.3 Å². The zero-order valence-corrected chi connectivity index (χ0v) is 16.2. The van der Waals surface area contributed by atoms with Crippen molar-refractivity contribution in [3.63, 3.8) is 0 Å². The molecule has 2 N–H and O–H groups in total. The molecular weight excluding hydrogens is 369 g/mol. The van der Waals surface area contributed by atoms with Crippen LogP contribution in [-0.2, 0) is 11.3 Å². The highest BCUT2D eigenvalue weighted by Gasteiger charge is 2.57. The molecule has 2 aromatic rings. The Labute approximate surface area is 167 Å². The van der Waals surface area contributed by atoms with E-state index >= 15 is 0 Å². The summed E-state index contributed by atoms with van der Waals surface area (Å²) in [5, 5.41) is 6.50.